The molecule has 0 fully saturated rings. The monoisotopic (exact) mass is 492 g/mol. The van der Waals surface area contributed by atoms with Crippen molar-refractivity contribution in [3.63, 3.8) is 0 Å². The summed E-state index contributed by atoms with van der Waals surface area (Å²) >= 11 is 0. The molecule has 0 aliphatic carbocycles. The molecule has 34 heavy (non-hydrogen) atoms. The van der Waals surface area contributed by atoms with Crippen molar-refractivity contribution < 1.29 is 48.5 Å². The van der Waals surface area contributed by atoms with E-state index in [0.717, 1.165) is 6.92 Å². The number of carbonyl (C=O) groups is 6. The van der Waals surface area contributed by atoms with E-state index in [4.69, 9.17) is 15.9 Å². The Hall–Kier alpha value is -3.13. The molecule has 0 aromatic heterocycles. The summed E-state index contributed by atoms with van der Waals surface area (Å²) in [6.45, 7) is 3.06. The van der Waals surface area contributed by atoms with Gasteiger partial charge in [-0.2, -0.15) is 0 Å². The predicted molar refractivity (Wildman–Crippen MR) is 115 cm³/mol. The van der Waals surface area contributed by atoms with Crippen molar-refractivity contribution in [2.24, 2.45) is 11.7 Å². The lowest BCUT2D eigenvalue weighted by atomic mass is 9.98. The zero-order chi connectivity index (χ0) is 26.6. The van der Waals surface area contributed by atoms with Gasteiger partial charge in [-0.25, -0.2) is 4.39 Å². The highest BCUT2D eigenvalue weighted by Gasteiger charge is 2.33. The average Bonchev–Trinajstić information content (AvgIpc) is 2.76. The van der Waals surface area contributed by atoms with Gasteiger partial charge < -0.3 is 37.0 Å². The van der Waals surface area contributed by atoms with Gasteiger partial charge in [0.1, 0.15) is 24.8 Å². The quantitative estimate of drug-likeness (QED) is 0.126. The van der Waals surface area contributed by atoms with Gasteiger partial charge in [0, 0.05) is 6.42 Å². The molecule has 6 atom stereocenters. The first-order valence-electron chi connectivity index (χ1n) is 10.6. The summed E-state index contributed by atoms with van der Waals surface area (Å²) in [4.78, 5) is 71.1. The van der Waals surface area contributed by atoms with Gasteiger partial charge in [-0.1, -0.05) is 20.3 Å². The minimum Gasteiger partial charge on any atom is -0.481 e. The number of carbonyl (C=O) groups excluding carboxylic acids is 4. The fourth-order valence-electron chi connectivity index (χ4n) is 2.75. The number of amides is 3. The summed E-state index contributed by atoms with van der Waals surface area (Å²) in [7, 11) is 0. The Morgan fingerprint density at radius 1 is 0.882 bits per heavy atom. The number of ketones is 1. The van der Waals surface area contributed by atoms with Crippen LogP contribution in [0.4, 0.5) is 4.39 Å². The smallest absolute Gasteiger partial charge is 0.305 e. The minimum atomic E-state index is -1.75. The van der Waals surface area contributed by atoms with Gasteiger partial charge in [-0.15, -0.1) is 0 Å². The molecule has 0 aliphatic heterocycles. The highest BCUT2D eigenvalue weighted by molar-refractivity contribution is 5.96. The van der Waals surface area contributed by atoms with E-state index in [2.05, 4.69) is 10.6 Å². The van der Waals surface area contributed by atoms with E-state index in [1.165, 1.54) is 0 Å². The third-order valence-corrected chi connectivity index (χ3v) is 5.12. The Labute approximate surface area is 195 Å². The molecule has 3 amide bonds. The van der Waals surface area contributed by atoms with Crippen LogP contribution in [0.2, 0.25) is 0 Å². The SMILES string of the molecule is CC[C@H](C)[C@H](N)C(=O)N[C@@H](CCC(=O)O)C(=O)N[C@H](C(=O)N[C@@H](CC(=O)O)C(=O)CF)[C@@H](C)O. The van der Waals surface area contributed by atoms with Gasteiger partial charge in [-0.05, 0) is 19.3 Å². The largest absolute Gasteiger partial charge is 0.481 e. The van der Waals surface area contributed by atoms with Gasteiger partial charge in [-0.3, -0.25) is 28.8 Å². The van der Waals surface area contributed by atoms with Gasteiger partial charge in [0.15, 0.2) is 5.78 Å². The highest BCUT2D eigenvalue weighted by atomic mass is 19.1. The van der Waals surface area contributed by atoms with Crippen LogP contribution in [-0.4, -0.2) is 87.7 Å². The number of hydrogen-bond acceptors (Lipinski definition) is 8. The maximum absolute atomic E-state index is 12.8. The molecular weight excluding hydrogens is 459 g/mol. The maximum Gasteiger partial charge on any atom is 0.305 e. The third kappa shape index (κ3) is 10.7. The molecule has 0 heterocycles. The Morgan fingerprint density at radius 2 is 1.44 bits per heavy atom. The maximum atomic E-state index is 12.8. The van der Waals surface area contributed by atoms with E-state index in [1.54, 1.807) is 13.8 Å². The molecule has 0 aliphatic rings. The van der Waals surface area contributed by atoms with Crippen LogP contribution in [0, 0.1) is 5.92 Å². The topological polar surface area (TPSA) is 225 Å². The third-order valence-electron chi connectivity index (χ3n) is 5.12. The van der Waals surface area contributed by atoms with Crippen LogP contribution in [0.15, 0.2) is 0 Å². The molecule has 0 radical (unpaired) electrons. The lowest BCUT2D eigenvalue weighted by Gasteiger charge is -2.27. The van der Waals surface area contributed by atoms with Gasteiger partial charge >= 0.3 is 11.9 Å². The van der Waals surface area contributed by atoms with Crippen molar-refractivity contribution in [1.29, 1.82) is 0 Å². The Morgan fingerprint density at radius 3 is 1.88 bits per heavy atom. The Balaban J connectivity index is 5.60. The van der Waals surface area contributed by atoms with Gasteiger partial charge in [0.2, 0.25) is 17.7 Å². The van der Waals surface area contributed by atoms with Crippen molar-refractivity contribution in [3.05, 3.63) is 0 Å². The van der Waals surface area contributed by atoms with Crippen molar-refractivity contribution in [2.45, 2.75) is 76.7 Å². The number of halogens is 1. The summed E-state index contributed by atoms with van der Waals surface area (Å²) in [6.07, 6.45) is -2.82. The van der Waals surface area contributed by atoms with Crippen LogP contribution < -0.4 is 21.7 Å². The second-order valence-electron chi connectivity index (χ2n) is 7.89. The summed E-state index contributed by atoms with van der Waals surface area (Å²) < 4.78 is 12.7. The number of nitrogens with two attached hydrogens (primary N) is 1. The first kappa shape index (κ1) is 30.9. The summed E-state index contributed by atoms with van der Waals surface area (Å²) in [5.74, 6) is -7.18. The molecule has 0 saturated carbocycles. The van der Waals surface area contributed by atoms with E-state index in [9.17, 15) is 38.3 Å². The van der Waals surface area contributed by atoms with E-state index >= 15 is 0 Å². The first-order valence-corrected chi connectivity index (χ1v) is 10.6. The number of carboxylic acid groups (broad SMARTS) is 2. The molecule has 0 aromatic rings. The van der Waals surface area contributed by atoms with Crippen LogP contribution in [0.25, 0.3) is 0 Å². The number of nitrogens with one attached hydrogen (secondary N) is 3. The van der Waals surface area contributed by atoms with Crippen molar-refractivity contribution in [1.82, 2.24) is 16.0 Å². The molecule has 0 rings (SSSR count). The summed E-state index contributed by atoms with van der Waals surface area (Å²) in [6, 6.07) is -5.91. The van der Waals surface area contributed by atoms with E-state index in [1.807, 2.05) is 5.32 Å². The number of alkyl halides is 1. The molecule has 0 bridgehead atoms. The number of carboxylic acids is 2. The second kappa shape index (κ2) is 14.9. The predicted octanol–water partition coefficient (Wildman–Crippen LogP) is -1.93. The molecule has 0 aromatic carbocycles. The molecule has 0 spiro atoms. The van der Waals surface area contributed by atoms with Crippen LogP contribution in [0.3, 0.4) is 0 Å². The van der Waals surface area contributed by atoms with Gasteiger partial charge in [0.25, 0.3) is 0 Å². The lowest BCUT2D eigenvalue weighted by Crippen LogP contribution is -2.60. The molecule has 194 valence electrons. The van der Waals surface area contributed by atoms with Crippen LogP contribution in [0.1, 0.15) is 46.5 Å². The van der Waals surface area contributed by atoms with Crippen LogP contribution >= 0.6 is 0 Å². The van der Waals surface area contributed by atoms with Gasteiger partial charge in [0.05, 0.1) is 18.6 Å². The Bertz CT molecular complexity index is 762. The van der Waals surface area contributed by atoms with Crippen molar-refractivity contribution in [2.75, 3.05) is 6.67 Å². The number of Topliss-reactive ketones (excluding diaryl/α,β-unsaturated/α-hetero) is 1. The Kier molecular flexibility index (Phi) is 13.5. The number of rotatable bonds is 16. The standard InChI is InChI=1S/C20H33FN4O9/c1-4-9(2)16(22)19(33)23-11(5-6-14(28)29)18(32)25-17(10(3)26)20(34)24-12(7-15(30)31)13(27)8-21/h9-12,16-17,26H,4-8,22H2,1-3H3,(H,23,33)(H,24,34)(H,25,32)(H,28,29)(H,30,31)/t9-,10+,11-,12-,16-,17-/m0/s1. The van der Waals surface area contributed by atoms with E-state index in [-0.39, 0.29) is 12.3 Å². The molecule has 14 heteroatoms. The first-order chi connectivity index (χ1) is 15.7. The van der Waals surface area contributed by atoms with E-state index < -0.39 is 85.2 Å². The average molecular weight is 493 g/mol. The van der Waals surface area contributed by atoms with E-state index in [0.29, 0.717) is 6.42 Å². The summed E-state index contributed by atoms with van der Waals surface area (Å²) in [5, 5.41) is 34.2. The lowest BCUT2D eigenvalue weighted by molar-refractivity contribution is -0.141. The number of aliphatic hydroxyl groups excluding tert-OH is 1. The number of aliphatic hydroxyl groups is 1. The number of hydrogen-bond donors (Lipinski definition) is 7. The highest BCUT2D eigenvalue weighted by Crippen LogP contribution is 2.08. The fraction of sp³-hybridized carbons (Fsp3) is 0.700. The zero-order valence-electron chi connectivity index (χ0n) is 19.2. The van der Waals surface area contributed by atoms with Crippen LogP contribution in [-0.2, 0) is 28.8 Å². The summed E-state index contributed by atoms with van der Waals surface area (Å²) in [5.41, 5.74) is 5.83. The molecule has 0 unspecified atom stereocenters. The minimum absolute atomic E-state index is 0.251. The normalized spacial score (nSPS) is 16.2. The molecule has 0 saturated heterocycles. The molecule has 8 N–H and O–H groups in total. The second-order valence-corrected chi connectivity index (χ2v) is 7.89. The zero-order valence-corrected chi connectivity index (χ0v) is 19.2. The molecular formula is C20H33FN4O9. The fourth-order valence-corrected chi connectivity index (χ4v) is 2.75. The van der Waals surface area contributed by atoms with Crippen molar-refractivity contribution >= 4 is 35.4 Å². The number of aliphatic carboxylic acids is 2. The molecule has 13 nitrogen and oxygen atoms in total. The van der Waals surface area contributed by atoms with Crippen LogP contribution in [0.5, 0.6) is 0 Å². The van der Waals surface area contributed by atoms with Crippen molar-refractivity contribution in [3.8, 4) is 0 Å².